The number of aryl methyl sites for hydroxylation is 2. The second-order valence-electron chi connectivity index (χ2n) is 5.22. The first kappa shape index (κ1) is 17.3. The van der Waals surface area contributed by atoms with Gasteiger partial charge < -0.3 is 10.6 Å². The molecule has 2 aromatic rings. The van der Waals surface area contributed by atoms with Gasteiger partial charge in [-0.25, -0.2) is 0 Å². The van der Waals surface area contributed by atoms with E-state index in [4.69, 9.17) is 23.2 Å². The van der Waals surface area contributed by atoms with Crippen molar-refractivity contribution in [1.29, 1.82) is 0 Å². The molecular weight excluding hydrogens is 335 g/mol. The number of benzene rings is 2. The molecule has 0 spiro atoms. The number of anilines is 2. The molecular formula is C17H16Cl2N2O2. The van der Waals surface area contributed by atoms with E-state index in [9.17, 15) is 9.59 Å². The maximum absolute atomic E-state index is 12.0. The van der Waals surface area contributed by atoms with E-state index in [-0.39, 0.29) is 6.42 Å². The van der Waals surface area contributed by atoms with Crippen LogP contribution in [0.15, 0.2) is 36.4 Å². The average molecular weight is 351 g/mol. The van der Waals surface area contributed by atoms with E-state index >= 15 is 0 Å². The van der Waals surface area contributed by atoms with Crippen LogP contribution in [0.5, 0.6) is 0 Å². The number of hydrogen-bond acceptors (Lipinski definition) is 2. The van der Waals surface area contributed by atoms with E-state index in [0.717, 1.165) is 11.1 Å². The molecule has 0 unspecified atom stereocenters. The summed E-state index contributed by atoms with van der Waals surface area (Å²) in [5, 5.41) is 6.34. The van der Waals surface area contributed by atoms with Gasteiger partial charge in [0.2, 0.25) is 11.8 Å². The number of hydrogen-bond donors (Lipinski definition) is 2. The van der Waals surface area contributed by atoms with Gasteiger partial charge in [-0.2, -0.15) is 0 Å². The van der Waals surface area contributed by atoms with Crippen LogP contribution >= 0.6 is 23.2 Å². The number of halogens is 2. The van der Waals surface area contributed by atoms with E-state index in [2.05, 4.69) is 10.6 Å². The van der Waals surface area contributed by atoms with E-state index < -0.39 is 11.8 Å². The minimum absolute atomic E-state index is 0.299. The highest BCUT2D eigenvalue weighted by Crippen LogP contribution is 2.27. The van der Waals surface area contributed by atoms with Crippen molar-refractivity contribution < 1.29 is 9.59 Å². The highest BCUT2D eigenvalue weighted by Gasteiger charge is 2.13. The van der Waals surface area contributed by atoms with Crippen molar-refractivity contribution in [1.82, 2.24) is 0 Å². The van der Waals surface area contributed by atoms with Crippen LogP contribution in [0, 0.1) is 13.8 Å². The first-order valence-corrected chi connectivity index (χ1v) is 7.73. The lowest BCUT2D eigenvalue weighted by atomic mass is 10.1. The summed E-state index contributed by atoms with van der Waals surface area (Å²) in [7, 11) is 0. The van der Waals surface area contributed by atoms with Crippen LogP contribution in [0.25, 0.3) is 0 Å². The third-order valence-electron chi connectivity index (χ3n) is 3.15. The molecule has 0 saturated heterocycles. The summed E-state index contributed by atoms with van der Waals surface area (Å²) in [4.78, 5) is 23.9. The van der Waals surface area contributed by atoms with Gasteiger partial charge in [0.25, 0.3) is 0 Å². The van der Waals surface area contributed by atoms with E-state index in [1.165, 1.54) is 0 Å². The summed E-state index contributed by atoms with van der Waals surface area (Å²) in [5.74, 6) is -0.837. The molecule has 0 aliphatic rings. The maximum Gasteiger partial charge on any atom is 0.233 e. The van der Waals surface area contributed by atoms with Crippen LogP contribution in [-0.4, -0.2) is 11.8 Å². The molecule has 0 aliphatic carbocycles. The third kappa shape index (κ3) is 4.98. The summed E-state index contributed by atoms with van der Waals surface area (Å²) in [6.07, 6.45) is -0.299. The number of carbonyl (C=O) groups is 2. The van der Waals surface area contributed by atoms with Crippen LogP contribution in [0.3, 0.4) is 0 Å². The van der Waals surface area contributed by atoms with Crippen molar-refractivity contribution in [2.24, 2.45) is 0 Å². The molecule has 2 amide bonds. The van der Waals surface area contributed by atoms with Crippen LogP contribution in [0.1, 0.15) is 17.5 Å². The van der Waals surface area contributed by atoms with Gasteiger partial charge in [-0.1, -0.05) is 29.3 Å². The van der Waals surface area contributed by atoms with Crippen molar-refractivity contribution in [3.8, 4) is 0 Å². The number of carbonyl (C=O) groups excluding carboxylic acids is 2. The number of nitrogens with one attached hydrogen (secondary N) is 2. The van der Waals surface area contributed by atoms with Gasteiger partial charge in [0.15, 0.2) is 0 Å². The smallest absolute Gasteiger partial charge is 0.233 e. The zero-order valence-corrected chi connectivity index (χ0v) is 14.3. The number of amides is 2. The molecule has 0 atom stereocenters. The Kier molecular flexibility index (Phi) is 5.64. The van der Waals surface area contributed by atoms with E-state index in [1.807, 2.05) is 19.9 Å². The van der Waals surface area contributed by atoms with Crippen molar-refractivity contribution in [3.05, 3.63) is 57.6 Å². The molecule has 2 aromatic carbocycles. The molecule has 6 heteroatoms. The fourth-order valence-electron chi connectivity index (χ4n) is 2.14. The van der Waals surface area contributed by atoms with Crippen LogP contribution in [0.4, 0.5) is 11.4 Å². The predicted octanol–water partition coefficient (Wildman–Crippen LogP) is 4.58. The van der Waals surface area contributed by atoms with E-state index in [0.29, 0.717) is 21.4 Å². The highest BCUT2D eigenvalue weighted by molar-refractivity contribution is 6.34. The lowest BCUT2D eigenvalue weighted by Gasteiger charge is -2.11. The molecule has 120 valence electrons. The zero-order chi connectivity index (χ0) is 17.0. The molecule has 0 heterocycles. The Morgan fingerprint density at radius 1 is 0.957 bits per heavy atom. The topological polar surface area (TPSA) is 58.2 Å². The molecule has 23 heavy (non-hydrogen) atoms. The van der Waals surface area contributed by atoms with Crippen molar-refractivity contribution in [3.63, 3.8) is 0 Å². The maximum atomic E-state index is 12.0. The minimum atomic E-state index is -0.426. The van der Waals surface area contributed by atoms with Crippen molar-refractivity contribution >= 4 is 46.4 Å². The second kappa shape index (κ2) is 7.49. The van der Waals surface area contributed by atoms with Gasteiger partial charge in [-0.15, -0.1) is 0 Å². The van der Waals surface area contributed by atoms with Crippen molar-refractivity contribution in [2.75, 3.05) is 10.6 Å². The Bertz CT molecular complexity index is 720. The standard InChI is InChI=1S/C17H16Cl2N2O2/c1-10-7-11(2)17(14(19)8-10)21-16(23)9-15(22)20-13-5-3-12(18)4-6-13/h3-8H,9H2,1-2H3,(H,20,22)(H,21,23). The fraction of sp³-hybridized carbons (Fsp3) is 0.176. The highest BCUT2D eigenvalue weighted by atomic mass is 35.5. The van der Waals surface area contributed by atoms with Crippen LogP contribution in [-0.2, 0) is 9.59 Å². The molecule has 0 saturated carbocycles. The van der Waals surface area contributed by atoms with Gasteiger partial charge in [0, 0.05) is 10.7 Å². The monoisotopic (exact) mass is 350 g/mol. The summed E-state index contributed by atoms with van der Waals surface area (Å²) in [6.45, 7) is 3.77. The van der Waals surface area contributed by atoms with Crippen LogP contribution < -0.4 is 10.6 Å². The Morgan fingerprint density at radius 3 is 2.17 bits per heavy atom. The lowest BCUT2D eigenvalue weighted by molar-refractivity contribution is -0.123. The zero-order valence-electron chi connectivity index (χ0n) is 12.7. The normalized spacial score (nSPS) is 10.3. The molecule has 0 bridgehead atoms. The van der Waals surface area contributed by atoms with Gasteiger partial charge in [-0.3, -0.25) is 9.59 Å². The fourth-order valence-corrected chi connectivity index (χ4v) is 2.64. The molecule has 0 fully saturated rings. The molecule has 2 rings (SSSR count). The molecule has 0 radical (unpaired) electrons. The molecule has 2 N–H and O–H groups in total. The molecule has 0 aromatic heterocycles. The molecule has 0 aliphatic heterocycles. The van der Waals surface area contributed by atoms with Gasteiger partial charge >= 0.3 is 0 Å². The first-order chi connectivity index (χ1) is 10.8. The first-order valence-electron chi connectivity index (χ1n) is 6.97. The summed E-state index contributed by atoms with van der Waals surface area (Å²) in [6, 6.07) is 10.3. The Balaban J connectivity index is 1.97. The van der Waals surface area contributed by atoms with Gasteiger partial charge in [0.1, 0.15) is 6.42 Å². The van der Waals surface area contributed by atoms with Crippen molar-refractivity contribution in [2.45, 2.75) is 20.3 Å². The minimum Gasteiger partial charge on any atom is -0.326 e. The summed E-state index contributed by atoms with van der Waals surface area (Å²) < 4.78 is 0. The quantitative estimate of drug-likeness (QED) is 0.793. The second-order valence-corrected chi connectivity index (χ2v) is 6.06. The van der Waals surface area contributed by atoms with Gasteiger partial charge in [0.05, 0.1) is 10.7 Å². The average Bonchev–Trinajstić information content (AvgIpc) is 2.45. The largest absolute Gasteiger partial charge is 0.326 e. The summed E-state index contributed by atoms with van der Waals surface area (Å²) >= 11 is 11.9. The number of rotatable bonds is 4. The molecule has 4 nitrogen and oxygen atoms in total. The Labute approximate surface area is 144 Å². The van der Waals surface area contributed by atoms with Gasteiger partial charge in [-0.05, 0) is 55.3 Å². The Hall–Kier alpha value is -2.04. The van der Waals surface area contributed by atoms with E-state index in [1.54, 1.807) is 30.3 Å². The van der Waals surface area contributed by atoms with Crippen LogP contribution in [0.2, 0.25) is 10.0 Å². The summed E-state index contributed by atoms with van der Waals surface area (Å²) in [5.41, 5.74) is 2.96. The third-order valence-corrected chi connectivity index (χ3v) is 3.70. The predicted molar refractivity (Wildman–Crippen MR) is 94.3 cm³/mol. The Morgan fingerprint density at radius 2 is 1.57 bits per heavy atom. The lowest BCUT2D eigenvalue weighted by Crippen LogP contribution is -2.22. The SMILES string of the molecule is Cc1cc(C)c(NC(=O)CC(=O)Nc2ccc(Cl)cc2)c(Cl)c1.